The summed E-state index contributed by atoms with van der Waals surface area (Å²) in [6, 6.07) is 8.36. The minimum atomic E-state index is -0.558. The molecule has 2 aromatic rings. The Labute approximate surface area is 155 Å². The maximum Gasteiger partial charge on any atom is 0.248 e. The lowest BCUT2D eigenvalue weighted by Crippen LogP contribution is -2.54. The maximum absolute atomic E-state index is 12.9. The van der Waals surface area contributed by atoms with Crippen LogP contribution >= 0.6 is 12.4 Å². The van der Waals surface area contributed by atoms with Crippen molar-refractivity contribution in [2.75, 3.05) is 19.6 Å². The Kier molecular flexibility index (Phi) is 6.62. The number of hydrogen-bond donors (Lipinski definition) is 2. The highest BCUT2D eigenvalue weighted by Crippen LogP contribution is 2.27. The molecule has 0 bridgehead atoms. The first kappa shape index (κ1) is 19.5. The van der Waals surface area contributed by atoms with Gasteiger partial charge in [-0.15, -0.1) is 12.4 Å². The topological polar surface area (TPSA) is 59.0 Å². The number of amides is 1. The lowest BCUT2D eigenvalue weighted by Gasteiger charge is -2.36. The van der Waals surface area contributed by atoms with E-state index in [0.717, 1.165) is 32.4 Å². The fraction of sp³-hybridized carbons (Fsp3) is 0.474. The summed E-state index contributed by atoms with van der Waals surface area (Å²) in [4.78, 5) is 12.9. The van der Waals surface area contributed by atoms with Crippen LogP contribution in [0, 0.1) is 13.8 Å². The number of aryl methyl sites for hydroxylation is 2. The lowest BCUT2D eigenvalue weighted by atomic mass is 9.87. The monoisotopic (exact) mass is 362 g/mol. The number of carbonyl (C=O) groups excluding carboxylic acids is 1. The molecule has 136 valence electrons. The number of nitrogens with zero attached hydrogens (tertiary/aromatic N) is 2. The molecule has 1 saturated heterocycles. The minimum Gasteiger partial charge on any atom is -0.354 e. The molecule has 2 heterocycles. The van der Waals surface area contributed by atoms with E-state index in [9.17, 15) is 4.79 Å². The van der Waals surface area contributed by atoms with Crippen LogP contribution in [0.25, 0.3) is 0 Å². The average Bonchev–Trinajstić information content (AvgIpc) is 3.12. The summed E-state index contributed by atoms with van der Waals surface area (Å²) in [6.07, 6.45) is 6.03. The predicted molar refractivity (Wildman–Crippen MR) is 102 cm³/mol. The van der Waals surface area contributed by atoms with Crippen molar-refractivity contribution in [3.63, 3.8) is 0 Å². The van der Waals surface area contributed by atoms with Crippen LogP contribution in [0.2, 0.25) is 0 Å². The van der Waals surface area contributed by atoms with Crippen LogP contribution in [0.4, 0.5) is 0 Å². The molecule has 1 aliphatic heterocycles. The third-order valence-electron chi connectivity index (χ3n) is 4.97. The van der Waals surface area contributed by atoms with E-state index in [2.05, 4.69) is 47.8 Å². The molecule has 0 atom stereocenters. The maximum atomic E-state index is 12.9. The predicted octanol–water partition coefficient (Wildman–Crippen LogP) is 2.36. The summed E-state index contributed by atoms with van der Waals surface area (Å²) in [6.45, 7) is 6.56. The number of rotatable bonds is 5. The van der Waals surface area contributed by atoms with E-state index in [1.807, 2.05) is 16.9 Å². The standard InChI is InChI=1S/C19H26N4O.ClH/c1-15-4-5-17(16(2)14-15)6-10-21-18(24)19(7-11-20-12-8-19)23-13-3-9-22-23;/h3-5,9,13-14,20H,6-8,10-12H2,1-2H3,(H,21,24);1H. The first-order valence-electron chi connectivity index (χ1n) is 8.67. The van der Waals surface area contributed by atoms with Gasteiger partial charge in [-0.1, -0.05) is 23.8 Å². The molecule has 2 N–H and O–H groups in total. The molecule has 3 rings (SSSR count). The Balaban J connectivity index is 0.00000225. The summed E-state index contributed by atoms with van der Waals surface area (Å²) in [7, 11) is 0. The Bertz CT molecular complexity index is 693. The first-order chi connectivity index (χ1) is 11.6. The van der Waals surface area contributed by atoms with Crippen LogP contribution in [-0.2, 0) is 16.8 Å². The number of hydrogen-bond acceptors (Lipinski definition) is 3. The Morgan fingerprint density at radius 3 is 2.72 bits per heavy atom. The largest absolute Gasteiger partial charge is 0.354 e. The molecular weight excluding hydrogens is 336 g/mol. The van der Waals surface area contributed by atoms with E-state index in [1.165, 1.54) is 16.7 Å². The summed E-state index contributed by atoms with van der Waals surface area (Å²) < 4.78 is 1.83. The van der Waals surface area contributed by atoms with Gasteiger partial charge in [0.15, 0.2) is 0 Å². The molecule has 6 heteroatoms. The molecule has 0 unspecified atom stereocenters. The van der Waals surface area contributed by atoms with E-state index in [4.69, 9.17) is 0 Å². The van der Waals surface area contributed by atoms with Crippen LogP contribution in [0.15, 0.2) is 36.7 Å². The van der Waals surface area contributed by atoms with Gasteiger partial charge in [-0.05, 0) is 63.4 Å². The molecule has 5 nitrogen and oxygen atoms in total. The third-order valence-corrected chi connectivity index (χ3v) is 4.97. The van der Waals surface area contributed by atoms with Crippen molar-refractivity contribution >= 4 is 18.3 Å². The number of benzene rings is 1. The van der Waals surface area contributed by atoms with E-state index in [-0.39, 0.29) is 18.3 Å². The van der Waals surface area contributed by atoms with Crippen molar-refractivity contribution in [2.45, 2.75) is 38.6 Å². The molecule has 1 fully saturated rings. The molecule has 0 radical (unpaired) electrons. The molecule has 1 amide bonds. The second kappa shape index (κ2) is 8.50. The zero-order valence-corrected chi connectivity index (χ0v) is 15.7. The number of piperidine rings is 1. The van der Waals surface area contributed by atoms with Gasteiger partial charge >= 0.3 is 0 Å². The number of halogens is 1. The molecular formula is C19H27ClN4O. The van der Waals surface area contributed by atoms with Gasteiger partial charge in [0.05, 0.1) is 0 Å². The second-order valence-corrected chi connectivity index (χ2v) is 6.67. The van der Waals surface area contributed by atoms with Crippen LogP contribution in [0.1, 0.15) is 29.5 Å². The van der Waals surface area contributed by atoms with Crippen molar-refractivity contribution in [2.24, 2.45) is 0 Å². The fourth-order valence-electron chi connectivity index (χ4n) is 3.52. The molecule has 25 heavy (non-hydrogen) atoms. The lowest BCUT2D eigenvalue weighted by molar-refractivity contribution is -0.131. The van der Waals surface area contributed by atoms with Crippen LogP contribution in [-0.4, -0.2) is 35.3 Å². The number of carbonyl (C=O) groups is 1. The Morgan fingerprint density at radius 2 is 2.08 bits per heavy atom. The summed E-state index contributed by atoms with van der Waals surface area (Å²) in [5, 5.41) is 10.8. The summed E-state index contributed by atoms with van der Waals surface area (Å²) in [5.74, 6) is 0.0810. The Hall–Kier alpha value is -1.85. The van der Waals surface area contributed by atoms with Gasteiger partial charge in [0.2, 0.25) is 5.91 Å². The average molecular weight is 363 g/mol. The molecule has 1 aliphatic rings. The van der Waals surface area contributed by atoms with Gasteiger partial charge in [-0.3, -0.25) is 9.48 Å². The number of nitrogens with one attached hydrogen (secondary N) is 2. The van der Waals surface area contributed by atoms with E-state index in [1.54, 1.807) is 6.20 Å². The quantitative estimate of drug-likeness (QED) is 0.858. The van der Waals surface area contributed by atoms with Gasteiger partial charge in [0, 0.05) is 18.9 Å². The van der Waals surface area contributed by atoms with Gasteiger partial charge in [-0.2, -0.15) is 5.10 Å². The van der Waals surface area contributed by atoms with Gasteiger partial charge in [0.1, 0.15) is 5.54 Å². The smallest absolute Gasteiger partial charge is 0.248 e. The molecule has 0 spiro atoms. The van der Waals surface area contributed by atoms with Crippen molar-refractivity contribution in [1.82, 2.24) is 20.4 Å². The Morgan fingerprint density at radius 1 is 1.32 bits per heavy atom. The van der Waals surface area contributed by atoms with Crippen molar-refractivity contribution in [3.8, 4) is 0 Å². The van der Waals surface area contributed by atoms with Crippen molar-refractivity contribution in [3.05, 3.63) is 53.3 Å². The van der Waals surface area contributed by atoms with Crippen molar-refractivity contribution in [1.29, 1.82) is 0 Å². The van der Waals surface area contributed by atoms with Gasteiger partial charge in [0.25, 0.3) is 0 Å². The SMILES string of the molecule is Cc1ccc(CCNC(=O)C2(n3cccn3)CCNCC2)c(C)c1.Cl. The van der Waals surface area contributed by atoms with E-state index < -0.39 is 5.54 Å². The fourth-order valence-corrected chi connectivity index (χ4v) is 3.52. The normalized spacial score (nSPS) is 16.1. The third kappa shape index (κ3) is 4.22. The minimum absolute atomic E-state index is 0. The molecule has 1 aromatic carbocycles. The zero-order valence-electron chi connectivity index (χ0n) is 14.9. The number of aromatic nitrogens is 2. The van der Waals surface area contributed by atoms with Crippen LogP contribution < -0.4 is 10.6 Å². The van der Waals surface area contributed by atoms with Crippen molar-refractivity contribution < 1.29 is 4.79 Å². The highest BCUT2D eigenvalue weighted by molar-refractivity contribution is 5.85. The summed E-state index contributed by atoms with van der Waals surface area (Å²) in [5.41, 5.74) is 3.29. The van der Waals surface area contributed by atoms with E-state index in [0.29, 0.717) is 6.54 Å². The van der Waals surface area contributed by atoms with Crippen LogP contribution in [0.3, 0.4) is 0 Å². The molecule has 1 aromatic heterocycles. The van der Waals surface area contributed by atoms with Crippen LogP contribution in [0.5, 0.6) is 0 Å². The van der Waals surface area contributed by atoms with Gasteiger partial charge < -0.3 is 10.6 Å². The van der Waals surface area contributed by atoms with E-state index >= 15 is 0 Å². The summed E-state index contributed by atoms with van der Waals surface area (Å²) >= 11 is 0. The highest BCUT2D eigenvalue weighted by atomic mass is 35.5. The second-order valence-electron chi connectivity index (χ2n) is 6.67. The first-order valence-corrected chi connectivity index (χ1v) is 8.67. The van der Waals surface area contributed by atoms with Gasteiger partial charge in [-0.25, -0.2) is 0 Å². The molecule has 0 aliphatic carbocycles. The zero-order chi connectivity index (χ0) is 17.0. The highest BCUT2D eigenvalue weighted by Gasteiger charge is 2.41. The molecule has 0 saturated carbocycles.